The molecular weight excluding hydrogens is 330 g/mol. The molecule has 0 saturated carbocycles. The number of aryl methyl sites for hydroxylation is 1. The van der Waals surface area contributed by atoms with Crippen molar-refractivity contribution < 1.29 is 13.2 Å². The zero-order chi connectivity index (χ0) is 17.9. The number of rotatable bonds is 5. The van der Waals surface area contributed by atoms with Crippen LogP contribution in [-0.2, 0) is 29.7 Å². The molecule has 2 N–H and O–H groups in total. The van der Waals surface area contributed by atoms with E-state index < -0.39 is 10.0 Å². The van der Waals surface area contributed by atoms with Crippen LogP contribution < -0.4 is 10.6 Å². The van der Waals surface area contributed by atoms with E-state index in [-0.39, 0.29) is 12.1 Å². The molecule has 1 aromatic heterocycles. The largest absolute Gasteiger partial charge is 0.335 e. The molecule has 0 radical (unpaired) electrons. The van der Waals surface area contributed by atoms with E-state index in [1.165, 1.54) is 10.6 Å². The predicted octanol–water partition coefficient (Wildman–Crippen LogP) is 0.892. The highest BCUT2D eigenvalue weighted by Gasteiger charge is 2.22. The van der Waals surface area contributed by atoms with Crippen LogP contribution in [0.1, 0.15) is 38.6 Å². The van der Waals surface area contributed by atoms with Crippen molar-refractivity contribution >= 4 is 16.1 Å². The van der Waals surface area contributed by atoms with E-state index in [2.05, 4.69) is 15.7 Å². The Balaban J connectivity index is 1.96. The zero-order valence-corrected chi connectivity index (χ0v) is 15.6. The van der Waals surface area contributed by atoms with E-state index >= 15 is 0 Å². The normalized spacial score (nSPS) is 17.2. The second-order valence-electron chi connectivity index (χ2n) is 6.66. The van der Waals surface area contributed by atoms with Crippen LogP contribution in [0, 0.1) is 5.92 Å². The van der Waals surface area contributed by atoms with Crippen LogP contribution in [0.2, 0.25) is 0 Å². The van der Waals surface area contributed by atoms with Gasteiger partial charge >= 0.3 is 6.03 Å². The standard InChI is InChI=1S/C15H27N5O3S/c1-11(2)12(3)17-15(21)16-9-13-8-14-10-19(24(4,22)23)6-5-7-20(14)18-13/h8,11-12H,5-7,9-10H2,1-4H3,(H2,16,17,21)/t12-/m1/s1. The average molecular weight is 357 g/mol. The van der Waals surface area contributed by atoms with Crippen molar-refractivity contribution in [2.75, 3.05) is 12.8 Å². The summed E-state index contributed by atoms with van der Waals surface area (Å²) in [5.74, 6) is 0.362. The summed E-state index contributed by atoms with van der Waals surface area (Å²) in [6.45, 7) is 7.87. The first-order valence-corrected chi connectivity index (χ1v) is 10.1. The van der Waals surface area contributed by atoms with Gasteiger partial charge in [0, 0.05) is 19.1 Å². The van der Waals surface area contributed by atoms with Gasteiger partial charge in [-0.3, -0.25) is 4.68 Å². The fraction of sp³-hybridized carbons (Fsp3) is 0.733. The zero-order valence-electron chi connectivity index (χ0n) is 14.7. The Labute approximate surface area is 143 Å². The van der Waals surface area contributed by atoms with Crippen molar-refractivity contribution in [3.63, 3.8) is 0 Å². The number of urea groups is 1. The third kappa shape index (κ3) is 4.94. The SMILES string of the molecule is CC(C)[C@@H](C)NC(=O)NCc1cc2n(n1)CCCN(S(C)(=O)=O)C2. The lowest BCUT2D eigenvalue weighted by Crippen LogP contribution is -2.42. The molecule has 8 nitrogen and oxygen atoms in total. The average Bonchev–Trinajstić information content (AvgIpc) is 2.74. The van der Waals surface area contributed by atoms with Gasteiger partial charge in [0.1, 0.15) is 0 Å². The van der Waals surface area contributed by atoms with Gasteiger partial charge < -0.3 is 10.6 Å². The number of amides is 2. The van der Waals surface area contributed by atoms with Gasteiger partial charge in [-0.25, -0.2) is 13.2 Å². The molecule has 24 heavy (non-hydrogen) atoms. The number of carbonyl (C=O) groups excluding carboxylic acids is 1. The predicted molar refractivity (Wildman–Crippen MR) is 91.8 cm³/mol. The number of fused-ring (bicyclic) bond motifs is 1. The molecule has 0 fully saturated rings. The lowest BCUT2D eigenvalue weighted by atomic mass is 10.1. The minimum absolute atomic E-state index is 0.0898. The van der Waals surface area contributed by atoms with Crippen molar-refractivity contribution in [1.82, 2.24) is 24.7 Å². The fourth-order valence-electron chi connectivity index (χ4n) is 2.46. The highest BCUT2D eigenvalue weighted by atomic mass is 32.2. The Morgan fingerprint density at radius 3 is 2.67 bits per heavy atom. The maximum absolute atomic E-state index is 11.9. The van der Waals surface area contributed by atoms with E-state index in [1.54, 1.807) is 0 Å². The third-order valence-electron chi connectivity index (χ3n) is 4.29. The maximum atomic E-state index is 11.9. The molecule has 2 rings (SSSR count). The molecule has 1 aromatic rings. The van der Waals surface area contributed by atoms with Crippen LogP contribution in [-0.4, -0.2) is 47.4 Å². The smallest absolute Gasteiger partial charge is 0.315 e. The molecule has 0 aliphatic carbocycles. The summed E-state index contributed by atoms with van der Waals surface area (Å²) in [4.78, 5) is 11.9. The number of aromatic nitrogens is 2. The number of nitrogens with zero attached hydrogens (tertiary/aromatic N) is 3. The molecule has 2 heterocycles. The molecule has 0 aromatic carbocycles. The van der Waals surface area contributed by atoms with Gasteiger partial charge in [-0.15, -0.1) is 0 Å². The molecule has 0 bridgehead atoms. The molecule has 9 heteroatoms. The van der Waals surface area contributed by atoms with Crippen LogP contribution >= 0.6 is 0 Å². The summed E-state index contributed by atoms with van der Waals surface area (Å²) in [7, 11) is -3.22. The number of hydrogen-bond donors (Lipinski definition) is 2. The minimum Gasteiger partial charge on any atom is -0.335 e. The number of nitrogens with one attached hydrogen (secondary N) is 2. The van der Waals surface area contributed by atoms with E-state index in [1.807, 2.05) is 31.5 Å². The van der Waals surface area contributed by atoms with Crippen molar-refractivity contribution in [2.24, 2.45) is 5.92 Å². The second-order valence-corrected chi connectivity index (χ2v) is 8.64. The van der Waals surface area contributed by atoms with Crippen LogP contribution in [0.5, 0.6) is 0 Å². The van der Waals surface area contributed by atoms with Crippen molar-refractivity contribution in [1.29, 1.82) is 0 Å². The Kier molecular flexibility index (Phi) is 5.87. The van der Waals surface area contributed by atoms with Crippen molar-refractivity contribution in [3.8, 4) is 0 Å². The first-order chi connectivity index (χ1) is 11.2. The van der Waals surface area contributed by atoms with Gasteiger partial charge in [0.15, 0.2) is 0 Å². The van der Waals surface area contributed by atoms with Crippen LogP contribution in [0.4, 0.5) is 4.79 Å². The maximum Gasteiger partial charge on any atom is 0.315 e. The minimum atomic E-state index is -3.22. The van der Waals surface area contributed by atoms with Gasteiger partial charge in [0.25, 0.3) is 0 Å². The summed E-state index contributed by atoms with van der Waals surface area (Å²) in [6.07, 6.45) is 1.95. The van der Waals surface area contributed by atoms with E-state index in [0.29, 0.717) is 32.1 Å². The molecule has 1 aliphatic heterocycles. The van der Waals surface area contributed by atoms with Crippen molar-refractivity contribution in [2.45, 2.75) is 52.9 Å². The highest BCUT2D eigenvalue weighted by molar-refractivity contribution is 7.88. The van der Waals surface area contributed by atoms with Crippen molar-refractivity contribution in [3.05, 3.63) is 17.5 Å². The summed E-state index contributed by atoms with van der Waals surface area (Å²) in [5, 5.41) is 10.1. The van der Waals surface area contributed by atoms with Gasteiger partial charge in [0.05, 0.1) is 30.7 Å². The molecule has 136 valence electrons. The Hall–Kier alpha value is -1.61. The first kappa shape index (κ1) is 18.7. The Morgan fingerprint density at radius 1 is 1.33 bits per heavy atom. The number of sulfonamides is 1. The third-order valence-corrected chi connectivity index (χ3v) is 5.54. The lowest BCUT2D eigenvalue weighted by molar-refractivity contribution is 0.234. The monoisotopic (exact) mass is 357 g/mol. The summed E-state index contributed by atoms with van der Waals surface area (Å²) in [6, 6.07) is 1.72. The topological polar surface area (TPSA) is 96.3 Å². The number of hydrogen-bond acceptors (Lipinski definition) is 4. The van der Waals surface area contributed by atoms with Crippen LogP contribution in [0.25, 0.3) is 0 Å². The highest BCUT2D eigenvalue weighted by Crippen LogP contribution is 2.16. The molecule has 1 aliphatic rings. The van der Waals surface area contributed by atoms with Gasteiger partial charge in [-0.1, -0.05) is 13.8 Å². The van der Waals surface area contributed by atoms with E-state index in [0.717, 1.165) is 17.8 Å². The Bertz CT molecular complexity index is 683. The lowest BCUT2D eigenvalue weighted by Gasteiger charge is -2.17. The van der Waals surface area contributed by atoms with Crippen LogP contribution in [0.15, 0.2) is 6.07 Å². The summed E-state index contributed by atoms with van der Waals surface area (Å²) < 4.78 is 26.8. The molecule has 2 amide bonds. The molecule has 0 unspecified atom stereocenters. The van der Waals surface area contributed by atoms with E-state index in [4.69, 9.17) is 0 Å². The van der Waals surface area contributed by atoms with Crippen LogP contribution in [0.3, 0.4) is 0 Å². The molecule has 0 saturated heterocycles. The fourth-order valence-corrected chi connectivity index (χ4v) is 3.28. The molecular formula is C15H27N5O3S. The summed E-state index contributed by atoms with van der Waals surface area (Å²) in [5.41, 5.74) is 1.58. The summed E-state index contributed by atoms with van der Waals surface area (Å²) >= 11 is 0. The number of carbonyl (C=O) groups is 1. The second kappa shape index (κ2) is 7.52. The first-order valence-electron chi connectivity index (χ1n) is 8.22. The van der Waals surface area contributed by atoms with E-state index in [9.17, 15) is 13.2 Å². The van der Waals surface area contributed by atoms with Gasteiger partial charge in [-0.05, 0) is 25.3 Å². The van der Waals surface area contributed by atoms with Gasteiger partial charge in [0.2, 0.25) is 10.0 Å². The van der Waals surface area contributed by atoms with Gasteiger partial charge in [-0.2, -0.15) is 9.40 Å². The Morgan fingerprint density at radius 2 is 2.04 bits per heavy atom. The quantitative estimate of drug-likeness (QED) is 0.818. The molecule has 1 atom stereocenters. The molecule has 0 spiro atoms.